The van der Waals surface area contributed by atoms with Crippen LogP contribution < -0.4 is 15.4 Å². The molecule has 0 bridgehead atoms. The van der Waals surface area contributed by atoms with Gasteiger partial charge in [-0.2, -0.15) is 0 Å². The van der Waals surface area contributed by atoms with E-state index in [9.17, 15) is 9.59 Å². The minimum absolute atomic E-state index is 0.00830. The minimum Gasteiger partial charge on any atom is -0.497 e. The van der Waals surface area contributed by atoms with Crippen molar-refractivity contribution in [3.8, 4) is 5.75 Å². The molecule has 0 saturated carbocycles. The van der Waals surface area contributed by atoms with Crippen molar-refractivity contribution in [3.05, 3.63) is 34.3 Å². The second-order valence-electron chi connectivity index (χ2n) is 6.83. The van der Waals surface area contributed by atoms with Gasteiger partial charge in [0.25, 0.3) is 5.91 Å². The normalized spacial score (nSPS) is 14.2. The molecule has 0 spiro atoms. The average Bonchev–Trinajstić information content (AvgIpc) is 3.27. The van der Waals surface area contributed by atoms with Crippen LogP contribution in [0.15, 0.2) is 24.3 Å². The number of nitrogens with zero attached hydrogens (tertiary/aromatic N) is 3. The van der Waals surface area contributed by atoms with Crippen molar-refractivity contribution in [1.29, 1.82) is 0 Å². The first kappa shape index (κ1) is 23.5. The van der Waals surface area contributed by atoms with E-state index in [1.807, 2.05) is 0 Å². The third kappa shape index (κ3) is 8.09. The number of anilines is 1. The van der Waals surface area contributed by atoms with Crippen LogP contribution in [0.1, 0.15) is 21.2 Å². The largest absolute Gasteiger partial charge is 0.497 e. The number of ether oxygens (including phenoxy) is 2. The first-order chi connectivity index (χ1) is 15.1. The Morgan fingerprint density at radius 1 is 1.23 bits per heavy atom. The van der Waals surface area contributed by atoms with Gasteiger partial charge < -0.3 is 20.1 Å². The lowest BCUT2D eigenvalue weighted by atomic mass is 10.3. The fraction of sp³-hybridized carbons (Fsp3) is 0.500. The first-order valence-corrected chi connectivity index (χ1v) is 12.0. The Bertz CT molecular complexity index is 840. The lowest BCUT2D eigenvalue weighted by molar-refractivity contribution is -0.118. The molecular weight excluding hydrogens is 438 g/mol. The van der Waals surface area contributed by atoms with E-state index >= 15 is 0 Å². The molecule has 11 heteroatoms. The summed E-state index contributed by atoms with van der Waals surface area (Å²) in [7, 11) is 1.59. The third-order valence-corrected chi connectivity index (χ3v) is 6.59. The van der Waals surface area contributed by atoms with Crippen LogP contribution in [0.5, 0.6) is 5.75 Å². The molecule has 2 aromatic rings. The predicted octanol–water partition coefficient (Wildman–Crippen LogP) is 1.87. The standard InChI is InChI=1S/C20H27N5O4S2/c1-28-16-5-3-15(4-6-16)22-19(27)20-24-23-18(31-20)14-30-13-17(26)21-7-2-8-25-9-11-29-12-10-25/h3-6H,2,7-14H2,1H3,(H,21,26)(H,22,27). The van der Waals surface area contributed by atoms with Crippen LogP contribution in [0, 0.1) is 0 Å². The van der Waals surface area contributed by atoms with Gasteiger partial charge in [0, 0.05) is 31.1 Å². The van der Waals surface area contributed by atoms with Gasteiger partial charge in [0.1, 0.15) is 10.8 Å². The second kappa shape index (κ2) is 12.6. The summed E-state index contributed by atoms with van der Waals surface area (Å²) in [6, 6.07) is 7.05. The molecule has 2 amide bonds. The van der Waals surface area contributed by atoms with E-state index in [1.165, 1.54) is 23.1 Å². The maximum Gasteiger partial charge on any atom is 0.286 e. The number of morpholine rings is 1. The van der Waals surface area contributed by atoms with Crippen LogP contribution in [0.25, 0.3) is 0 Å². The Labute approximate surface area is 189 Å². The maximum atomic E-state index is 12.3. The van der Waals surface area contributed by atoms with Gasteiger partial charge in [0.15, 0.2) is 0 Å². The van der Waals surface area contributed by atoms with Gasteiger partial charge in [-0.3, -0.25) is 14.5 Å². The van der Waals surface area contributed by atoms with Gasteiger partial charge >= 0.3 is 0 Å². The first-order valence-electron chi connectivity index (χ1n) is 10.1. The summed E-state index contributed by atoms with van der Waals surface area (Å²) in [5, 5.41) is 14.7. The molecule has 1 aliphatic heterocycles. The average molecular weight is 466 g/mol. The van der Waals surface area contributed by atoms with Gasteiger partial charge in [-0.25, -0.2) is 0 Å². The number of nitrogens with one attached hydrogen (secondary N) is 2. The highest BCUT2D eigenvalue weighted by Gasteiger charge is 2.14. The number of hydrogen-bond acceptors (Lipinski definition) is 9. The molecule has 0 radical (unpaired) electrons. The Kier molecular flexibility index (Phi) is 9.53. The summed E-state index contributed by atoms with van der Waals surface area (Å²) >= 11 is 2.69. The number of benzene rings is 1. The Balaban J connectivity index is 1.31. The molecule has 0 aliphatic carbocycles. The van der Waals surface area contributed by atoms with Gasteiger partial charge in [-0.1, -0.05) is 11.3 Å². The third-order valence-electron chi connectivity index (χ3n) is 4.54. The number of aromatic nitrogens is 2. The zero-order chi connectivity index (χ0) is 21.9. The molecule has 2 N–H and O–H groups in total. The molecule has 1 aromatic heterocycles. The van der Waals surface area contributed by atoms with Crippen LogP contribution in [-0.4, -0.2) is 79.2 Å². The Morgan fingerprint density at radius 2 is 2.00 bits per heavy atom. The van der Waals surface area contributed by atoms with Crippen molar-refractivity contribution < 1.29 is 19.1 Å². The van der Waals surface area contributed by atoms with E-state index in [1.54, 1.807) is 31.4 Å². The molecule has 0 atom stereocenters. The Hall–Kier alpha value is -2.21. The van der Waals surface area contributed by atoms with Gasteiger partial charge in [-0.05, 0) is 37.2 Å². The molecule has 168 valence electrons. The van der Waals surface area contributed by atoms with E-state index in [-0.39, 0.29) is 11.8 Å². The summed E-state index contributed by atoms with van der Waals surface area (Å²) in [4.78, 5) is 26.6. The molecule has 1 aliphatic rings. The van der Waals surface area contributed by atoms with Crippen LogP contribution in [0.3, 0.4) is 0 Å². The summed E-state index contributed by atoms with van der Waals surface area (Å²) < 4.78 is 10.4. The van der Waals surface area contributed by atoms with E-state index in [0.29, 0.717) is 33.8 Å². The van der Waals surface area contributed by atoms with Gasteiger partial charge in [0.2, 0.25) is 10.9 Å². The summed E-state index contributed by atoms with van der Waals surface area (Å²) in [5.74, 6) is 1.30. The van der Waals surface area contributed by atoms with Crippen molar-refractivity contribution in [2.75, 3.05) is 57.6 Å². The topological polar surface area (TPSA) is 106 Å². The monoisotopic (exact) mass is 465 g/mol. The smallest absolute Gasteiger partial charge is 0.286 e. The molecule has 1 aromatic carbocycles. The molecule has 1 saturated heterocycles. The van der Waals surface area contributed by atoms with Crippen LogP contribution in [0.2, 0.25) is 0 Å². The lowest BCUT2D eigenvalue weighted by Gasteiger charge is -2.26. The fourth-order valence-electron chi connectivity index (χ4n) is 2.90. The predicted molar refractivity (Wildman–Crippen MR) is 122 cm³/mol. The zero-order valence-corrected chi connectivity index (χ0v) is 19.1. The highest BCUT2D eigenvalue weighted by atomic mass is 32.2. The lowest BCUT2D eigenvalue weighted by Crippen LogP contribution is -2.38. The number of carbonyl (C=O) groups is 2. The van der Waals surface area contributed by atoms with E-state index < -0.39 is 0 Å². The van der Waals surface area contributed by atoms with Crippen molar-refractivity contribution >= 4 is 40.6 Å². The van der Waals surface area contributed by atoms with Crippen molar-refractivity contribution in [2.45, 2.75) is 12.2 Å². The minimum atomic E-state index is -0.308. The number of hydrogen-bond donors (Lipinski definition) is 2. The number of methoxy groups -OCH3 is 1. The van der Waals surface area contributed by atoms with E-state index in [4.69, 9.17) is 9.47 Å². The highest BCUT2D eigenvalue weighted by molar-refractivity contribution is 7.99. The van der Waals surface area contributed by atoms with Gasteiger partial charge in [0.05, 0.1) is 26.1 Å². The van der Waals surface area contributed by atoms with Crippen molar-refractivity contribution in [3.63, 3.8) is 0 Å². The van der Waals surface area contributed by atoms with Crippen LogP contribution in [0.4, 0.5) is 5.69 Å². The quantitative estimate of drug-likeness (QED) is 0.485. The highest BCUT2D eigenvalue weighted by Crippen LogP contribution is 2.19. The molecule has 1 fully saturated rings. The van der Waals surface area contributed by atoms with E-state index in [2.05, 4.69) is 25.7 Å². The maximum absolute atomic E-state index is 12.3. The fourth-order valence-corrected chi connectivity index (χ4v) is 4.54. The van der Waals surface area contributed by atoms with Crippen LogP contribution >= 0.6 is 23.1 Å². The molecular formula is C20H27N5O4S2. The molecule has 9 nitrogen and oxygen atoms in total. The summed E-state index contributed by atoms with van der Waals surface area (Å²) in [6.45, 7) is 5.16. The molecule has 0 unspecified atom stereocenters. The van der Waals surface area contributed by atoms with Gasteiger partial charge in [-0.15, -0.1) is 22.0 Å². The second-order valence-corrected chi connectivity index (χ2v) is 8.88. The SMILES string of the molecule is COc1ccc(NC(=O)c2nnc(CSCC(=O)NCCCN3CCOCC3)s2)cc1. The molecule has 2 heterocycles. The summed E-state index contributed by atoms with van der Waals surface area (Å²) in [5.41, 5.74) is 0.655. The van der Waals surface area contributed by atoms with Crippen molar-refractivity contribution in [1.82, 2.24) is 20.4 Å². The van der Waals surface area contributed by atoms with Crippen molar-refractivity contribution in [2.24, 2.45) is 0 Å². The molecule has 3 rings (SSSR count). The summed E-state index contributed by atoms with van der Waals surface area (Å²) in [6.07, 6.45) is 0.930. The van der Waals surface area contributed by atoms with E-state index in [0.717, 1.165) is 45.0 Å². The zero-order valence-electron chi connectivity index (χ0n) is 17.5. The molecule has 31 heavy (non-hydrogen) atoms. The Morgan fingerprint density at radius 3 is 2.74 bits per heavy atom. The number of rotatable bonds is 11. The van der Waals surface area contributed by atoms with Crippen LogP contribution in [-0.2, 0) is 15.3 Å². The number of thioether (sulfide) groups is 1. The number of carbonyl (C=O) groups excluding carboxylic acids is 2. The number of amides is 2.